The van der Waals surface area contributed by atoms with Gasteiger partial charge in [0.05, 0.1) is 11.6 Å². The van der Waals surface area contributed by atoms with Crippen LogP contribution in [0.1, 0.15) is 12.5 Å². The second kappa shape index (κ2) is 6.57. The third-order valence-electron chi connectivity index (χ3n) is 3.69. The summed E-state index contributed by atoms with van der Waals surface area (Å²) in [6.07, 6.45) is 0. The Morgan fingerprint density at radius 1 is 0.846 bits per heavy atom. The summed E-state index contributed by atoms with van der Waals surface area (Å²) in [6, 6.07) is 14.0. The van der Waals surface area contributed by atoms with Crippen molar-refractivity contribution < 1.29 is 23.9 Å². The van der Waals surface area contributed by atoms with Crippen molar-refractivity contribution in [2.45, 2.75) is 12.5 Å². The highest BCUT2D eigenvalue weighted by Crippen LogP contribution is 2.26. The van der Waals surface area contributed by atoms with Crippen LogP contribution in [0.5, 0.6) is 17.2 Å². The van der Waals surface area contributed by atoms with Crippen molar-refractivity contribution >= 4 is 17.8 Å². The fraction of sp³-hybridized carbons (Fsp3) is 0.111. The van der Waals surface area contributed by atoms with Crippen LogP contribution >= 0.6 is 0 Å². The molecule has 1 aliphatic heterocycles. The Morgan fingerprint density at radius 3 is 1.81 bits per heavy atom. The number of barbiturate groups is 1. The third-order valence-corrected chi connectivity index (χ3v) is 3.69. The minimum absolute atomic E-state index is 0.249. The summed E-state index contributed by atoms with van der Waals surface area (Å²) in [5.74, 6) is -0.387. The molecule has 1 aliphatic rings. The number of imide groups is 2. The maximum atomic E-state index is 11.9. The predicted octanol–water partition coefficient (Wildman–Crippen LogP) is 1.85. The Balaban J connectivity index is 1.71. The zero-order chi connectivity index (χ0) is 18.7. The third kappa shape index (κ3) is 3.32. The van der Waals surface area contributed by atoms with E-state index in [1.54, 1.807) is 36.4 Å². The number of nitriles is 1. The van der Waals surface area contributed by atoms with Crippen LogP contribution in [0, 0.1) is 11.3 Å². The first-order chi connectivity index (χ1) is 12.4. The molecule has 26 heavy (non-hydrogen) atoms. The van der Waals surface area contributed by atoms with E-state index in [9.17, 15) is 14.4 Å². The van der Waals surface area contributed by atoms with Gasteiger partial charge in [-0.3, -0.25) is 20.2 Å². The molecule has 0 unspecified atom stereocenters. The van der Waals surface area contributed by atoms with Gasteiger partial charge in [-0.2, -0.15) is 5.26 Å². The summed E-state index contributed by atoms with van der Waals surface area (Å²) in [5.41, 5.74) is -1.33. The van der Waals surface area contributed by atoms with E-state index in [0.717, 1.165) is 0 Å². The number of nitrogens with one attached hydrogen (secondary N) is 2. The van der Waals surface area contributed by atoms with E-state index in [1.165, 1.54) is 19.1 Å². The number of urea groups is 1. The maximum Gasteiger partial charge on any atom is 0.328 e. The molecule has 0 bridgehead atoms. The highest BCUT2D eigenvalue weighted by Gasteiger charge is 2.48. The number of carbonyl (C=O) groups is 3. The zero-order valence-corrected chi connectivity index (χ0v) is 13.6. The van der Waals surface area contributed by atoms with Crippen LogP contribution in [0.15, 0.2) is 48.5 Å². The molecule has 0 aromatic heterocycles. The molecule has 1 heterocycles. The molecule has 2 aromatic rings. The molecule has 8 nitrogen and oxygen atoms in total. The fourth-order valence-corrected chi connectivity index (χ4v) is 2.22. The second-order valence-corrected chi connectivity index (χ2v) is 5.58. The van der Waals surface area contributed by atoms with Gasteiger partial charge in [-0.15, -0.1) is 0 Å². The van der Waals surface area contributed by atoms with E-state index >= 15 is 0 Å². The molecule has 0 radical (unpaired) electrons. The number of ether oxygens (including phenoxy) is 2. The number of hydrogen-bond donors (Lipinski definition) is 2. The van der Waals surface area contributed by atoms with Crippen molar-refractivity contribution in [1.82, 2.24) is 10.6 Å². The molecule has 2 aromatic carbocycles. The van der Waals surface area contributed by atoms with Crippen molar-refractivity contribution in [3.8, 4) is 23.3 Å². The Labute approximate surface area is 148 Å². The standard InChI is InChI=1S/C18H13N3O5/c1-18(15(22)20-17(24)21-16(18)23)26-14-8-6-13(7-9-14)25-12-4-2-11(10-19)3-5-12/h2-9H,1H3,(H2,20,21,22,23,24). The summed E-state index contributed by atoms with van der Waals surface area (Å²) < 4.78 is 11.1. The number of benzene rings is 2. The van der Waals surface area contributed by atoms with Crippen LogP contribution in [-0.2, 0) is 9.59 Å². The monoisotopic (exact) mass is 351 g/mol. The highest BCUT2D eigenvalue weighted by molar-refractivity contribution is 6.21. The average molecular weight is 351 g/mol. The topological polar surface area (TPSA) is 118 Å². The number of rotatable bonds is 4. The summed E-state index contributed by atoms with van der Waals surface area (Å²) in [5, 5.41) is 12.8. The molecule has 8 heteroatoms. The van der Waals surface area contributed by atoms with Crippen LogP contribution in [0.2, 0.25) is 0 Å². The first kappa shape index (κ1) is 17.0. The van der Waals surface area contributed by atoms with Crippen LogP contribution in [-0.4, -0.2) is 23.4 Å². The van der Waals surface area contributed by atoms with Crippen molar-refractivity contribution in [3.05, 3.63) is 54.1 Å². The van der Waals surface area contributed by atoms with Gasteiger partial charge in [0.15, 0.2) is 0 Å². The SMILES string of the molecule is CC1(Oc2ccc(Oc3ccc(C#N)cc3)cc2)C(=O)NC(=O)NC1=O. The minimum atomic E-state index is -1.86. The van der Waals surface area contributed by atoms with Crippen LogP contribution in [0.3, 0.4) is 0 Å². The van der Waals surface area contributed by atoms with E-state index in [4.69, 9.17) is 14.7 Å². The normalized spacial score (nSPS) is 15.5. The van der Waals surface area contributed by atoms with Gasteiger partial charge < -0.3 is 9.47 Å². The number of nitrogens with zero attached hydrogens (tertiary/aromatic N) is 1. The van der Waals surface area contributed by atoms with Gasteiger partial charge in [0.2, 0.25) is 0 Å². The smallest absolute Gasteiger partial charge is 0.328 e. The Morgan fingerprint density at radius 2 is 1.31 bits per heavy atom. The van der Waals surface area contributed by atoms with Crippen molar-refractivity contribution in [2.75, 3.05) is 0 Å². The molecule has 2 N–H and O–H groups in total. The zero-order valence-electron chi connectivity index (χ0n) is 13.6. The lowest BCUT2D eigenvalue weighted by Gasteiger charge is -2.30. The summed E-state index contributed by atoms with van der Waals surface area (Å²) in [7, 11) is 0. The van der Waals surface area contributed by atoms with Gasteiger partial charge in [0.1, 0.15) is 17.2 Å². The molecule has 1 fully saturated rings. The van der Waals surface area contributed by atoms with Gasteiger partial charge in [0.25, 0.3) is 17.4 Å². The van der Waals surface area contributed by atoms with Gasteiger partial charge in [-0.25, -0.2) is 4.79 Å². The van der Waals surface area contributed by atoms with Gasteiger partial charge in [0, 0.05) is 0 Å². The molecule has 130 valence electrons. The Hall–Kier alpha value is -3.86. The molecule has 0 aliphatic carbocycles. The second-order valence-electron chi connectivity index (χ2n) is 5.58. The van der Waals surface area contributed by atoms with E-state index in [-0.39, 0.29) is 5.75 Å². The van der Waals surface area contributed by atoms with Crippen LogP contribution in [0.4, 0.5) is 4.79 Å². The molecule has 0 spiro atoms. The van der Waals surface area contributed by atoms with E-state index in [2.05, 4.69) is 0 Å². The average Bonchev–Trinajstić information content (AvgIpc) is 2.62. The first-order valence-corrected chi connectivity index (χ1v) is 7.55. The molecule has 0 saturated carbocycles. The lowest BCUT2D eigenvalue weighted by molar-refractivity contribution is -0.149. The summed E-state index contributed by atoms with van der Waals surface area (Å²) >= 11 is 0. The Bertz CT molecular complexity index is 893. The molecule has 3 rings (SSSR count). The molecule has 1 saturated heterocycles. The van der Waals surface area contributed by atoms with E-state index in [1.807, 2.05) is 16.7 Å². The Kier molecular flexibility index (Phi) is 4.29. The molecular weight excluding hydrogens is 338 g/mol. The molecular formula is C18H13N3O5. The van der Waals surface area contributed by atoms with E-state index < -0.39 is 23.4 Å². The van der Waals surface area contributed by atoms with Gasteiger partial charge >= 0.3 is 6.03 Å². The van der Waals surface area contributed by atoms with E-state index in [0.29, 0.717) is 17.1 Å². The lowest BCUT2D eigenvalue weighted by Crippen LogP contribution is -2.67. The quantitative estimate of drug-likeness (QED) is 0.812. The van der Waals surface area contributed by atoms with Crippen molar-refractivity contribution in [2.24, 2.45) is 0 Å². The lowest BCUT2D eigenvalue weighted by atomic mass is 10.0. The molecule has 4 amide bonds. The molecule has 0 atom stereocenters. The number of amides is 4. The fourth-order valence-electron chi connectivity index (χ4n) is 2.22. The highest BCUT2D eigenvalue weighted by atomic mass is 16.5. The largest absolute Gasteiger partial charge is 0.468 e. The van der Waals surface area contributed by atoms with Crippen molar-refractivity contribution in [3.63, 3.8) is 0 Å². The van der Waals surface area contributed by atoms with Gasteiger partial charge in [-0.1, -0.05) is 0 Å². The van der Waals surface area contributed by atoms with Crippen LogP contribution < -0.4 is 20.1 Å². The number of carbonyl (C=O) groups excluding carboxylic acids is 3. The summed E-state index contributed by atoms with van der Waals surface area (Å²) in [6.45, 7) is 1.27. The first-order valence-electron chi connectivity index (χ1n) is 7.55. The van der Waals surface area contributed by atoms with Crippen molar-refractivity contribution in [1.29, 1.82) is 5.26 Å². The minimum Gasteiger partial charge on any atom is -0.468 e. The van der Waals surface area contributed by atoms with Crippen LogP contribution in [0.25, 0.3) is 0 Å². The van der Waals surface area contributed by atoms with Gasteiger partial charge in [-0.05, 0) is 55.5 Å². The number of hydrogen-bond acceptors (Lipinski definition) is 6. The predicted molar refractivity (Wildman–Crippen MR) is 88.4 cm³/mol. The summed E-state index contributed by atoms with van der Waals surface area (Å²) in [4.78, 5) is 35.0. The maximum absolute atomic E-state index is 11.9.